The van der Waals surface area contributed by atoms with E-state index in [0.29, 0.717) is 12.1 Å². The molecule has 1 aromatic heterocycles. The zero-order valence-electron chi connectivity index (χ0n) is 16.5. The Labute approximate surface area is 157 Å². The molecule has 2 aliphatic heterocycles. The van der Waals surface area contributed by atoms with E-state index in [2.05, 4.69) is 66.0 Å². The lowest BCUT2D eigenvalue weighted by atomic mass is 9.82. The first-order valence-corrected chi connectivity index (χ1v) is 10.3. The molecule has 1 unspecified atom stereocenters. The lowest BCUT2D eigenvalue weighted by molar-refractivity contribution is -0.172. The van der Waals surface area contributed by atoms with Crippen LogP contribution in [0.5, 0.6) is 0 Å². The number of likely N-dealkylation sites (tertiary alicyclic amines) is 1. The number of ether oxygens (including phenoxy) is 1. The second kappa shape index (κ2) is 7.34. The van der Waals surface area contributed by atoms with E-state index in [1.54, 1.807) is 0 Å². The molecule has 4 rings (SSSR count). The average molecular weight is 356 g/mol. The number of hydrogen-bond donors (Lipinski definition) is 1. The van der Waals surface area contributed by atoms with Crippen LogP contribution in [0.15, 0.2) is 30.5 Å². The highest BCUT2D eigenvalue weighted by Crippen LogP contribution is 2.36. The Kier molecular flexibility index (Phi) is 5.09. The van der Waals surface area contributed by atoms with E-state index in [4.69, 9.17) is 4.74 Å². The summed E-state index contributed by atoms with van der Waals surface area (Å²) in [5.74, 6) is 0. The van der Waals surface area contributed by atoms with Crippen LogP contribution in [0.25, 0.3) is 10.9 Å². The number of nitrogens with one attached hydrogen (secondary N) is 1. The van der Waals surface area contributed by atoms with Gasteiger partial charge in [-0.05, 0) is 51.7 Å². The summed E-state index contributed by atoms with van der Waals surface area (Å²) in [5, 5.41) is 1.37. The molecule has 26 heavy (non-hydrogen) atoms. The number of nitrogens with zero attached hydrogens (tertiary/aromatic N) is 2. The van der Waals surface area contributed by atoms with E-state index in [9.17, 15) is 0 Å². The van der Waals surface area contributed by atoms with E-state index < -0.39 is 0 Å². The van der Waals surface area contributed by atoms with Crippen molar-refractivity contribution in [1.29, 1.82) is 0 Å². The van der Waals surface area contributed by atoms with E-state index >= 15 is 0 Å². The highest BCUT2D eigenvalue weighted by atomic mass is 16.5. The Balaban J connectivity index is 1.35. The molecule has 0 amide bonds. The number of rotatable bonds is 4. The zero-order valence-corrected chi connectivity index (χ0v) is 16.5. The summed E-state index contributed by atoms with van der Waals surface area (Å²) in [7, 11) is 0. The predicted octanol–water partition coefficient (Wildman–Crippen LogP) is 3.67. The number of fused-ring (bicyclic) bond motifs is 1. The van der Waals surface area contributed by atoms with Crippen LogP contribution in [-0.2, 0) is 11.2 Å². The molecule has 0 bridgehead atoms. The van der Waals surface area contributed by atoms with Crippen molar-refractivity contribution in [3.05, 3.63) is 36.0 Å². The highest BCUT2D eigenvalue weighted by molar-refractivity contribution is 5.83. The summed E-state index contributed by atoms with van der Waals surface area (Å²) in [6.45, 7) is 12.4. The fourth-order valence-electron chi connectivity index (χ4n) is 5.01. The number of para-hydroxylation sites is 1. The van der Waals surface area contributed by atoms with Crippen molar-refractivity contribution in [3.63, 3.8) is 0 Å². The fraction of sp³-hybridized carbons (Fsp3) is 0.636. The van der Waals surface area contributed by atoms with E-state index in [-0.39, 0.29) is 5.60 Å². The third-order valence-electron chi connectivity index (χ3n) is 6.74. The van der Waals surface area contributed by atoms with Gasteiger partial charge in [0.2, 0.25) is 0 Å². The van der Waals surface area contributed by atoms with Crippen molar-refractivity contribution in [1.82, 2.24) is 14.8 Å². The SMILES string of the molecule is CC(C)N1CCOC2(CCN(CCc3c[nH]c4ccccc34)CC2)C1C. The molecule has 142 valence electrons. The third-order valence-corrected chi connectivity index (χ3v) is 6.74. The molecule has 1 N–H and O–H groups in total. The predicted molar refractivity (Wildman–Crippen MR) is 108 cm³/mol. The van der Waals surface area contributed by atoms with Crippen LogP contribution in [-0.4, -0.2) is 65.3 Å². The Hall–Kier alpha value is -1.36. The molecule has 0 saturated carbocycles. The molecule has 1 atom stereocenters. The van der Waals surface area contributed by atoms with Gasteiger partial charge in [-0.3, -0.25) is 4.90 Å². The van der Waals surface area contributed by atoms with Gasteiger partial charge in [0.25, 0.3) is 0 Å². The minimum absolute atomic E-state index is 0.0692. The van der Waals surface area contributed by atoms with E-state index in [0.717, 1.165) is 52.0 Å². The van der Waals surface area contributed by atoms with Crippen molar-refractivity contribution >= 4 is 10.9 Å². The van der Waals surface area contributed by atoms with Crippen LogP contribution >= 0.6 is 0 Å². The molecule has 1 aromatic carbocycles. The highest BCUT2D eigenvalue weighted by Gasteiger charge is 2.45. The smallest absolute Gasteiger partial charge is 0.0859 e. The minimum atomic E-state index is 0.0692. The Morgan fingerprint density at radius 1 is 1.19 bits per heavy atom. The van der Waals surface area contributed by atoms with Crippen molar-refractivity contribution in [2.24, 2.45) is 0 Å². The van der Waals surface area contributed by atoms with E-state index in [1.807, 2.05) is 0 Å². The molecule has 2 aromatic rings. The molecule has 0 aliphatic carbocycles. The van der Waals surface area contributed by atoms with E-state index in [1.165, 1.54) is 16.5 Å². The molecule has 2 fully saturated rings. The summed E-state index contributed by atoms with van der Waals surface area (Å²) in [4.78, 5) is 8.65. The van der Waals surface area contributed by atoms with Gasteiger partial charge in [0, 0.05) is 55.4 Å². The van der Waals surface area contributed by atoms with Crippen molar-refractivity contribution in [2.75, 3.05) is 32.8 Å². The van der Waals surface area contributed by atoms with Gasteiger partial charge in [0.05, 0.1) is 12.2 Å². The minimum Gasteiger partial charge on any atom is -0.372 e. The molecule has 1 spiro atoms. The number of H-pyrrole nitrogens is 1. The maximum Gasteiger partial charge on any atom is 0.0859 e. The Morgan fingerprint density at radius 3 is 2.73 bits per heavy atom. The van der Waals surface area contributed by atoms with Gasteiger partial charge in [-0.15, -0.1) is 0 Å². The number of piperidine rings is 1. The molecule has 2 aliphatic rings. The lowest BCUT2D eigenvalue weighted by Gasteiger charge is -2.53. The van der Waals surface area contributed by atoms with Crippen molar-refractivity contribution in [2.45, 2.75) is 57.7 Å². The normalized spacial score (nSPS) is 24.7. The maximum atomic E-state index is 6.38. The molecular weight excluding hydrogens is 322 g/mol. The summed E-state index contributed by atoms with van der Waals surface area (Å²) < 4.78 is 6.38. The van der Waals surface area contributed by atoms with Crippen LogP contribution in [0.4, 0.5) is 0 Å². The number of morpholine rings is 1. The number of aromatic nitrogens is 1. The average Bonchev–Trinajstić information content (AvgIpc) is 3.07. The Bertz CT molecular complexity index is 730. The van der Waals surface area contributed by atoms with Gasteiger partial charge in [0.15, 0.2) is 0 Å². The monoisotopic (exact) mass is 355 g/mol. The second-order valence-electron chi connectivity index (χ2n) is 8.37. The second-order valence-corrected chi connectivity index (χ2v) is 8.37. The van der Waals surface area contributed by atoms with Gasteiger partial charge in [-0.2, -0.15) is 0 Å². The zero-order chi connectivity index (χ0) is 18.1. The number of hydrogen-bond acceptors (Lipinski definition) is 3. The molecule has 3 heterocycles. The first kappa shape index (κ1) is 18.0. The van der Waals surface area contributed by atoms with Gasteiger partial charge in [-0.25, -0.2) is 0 Å². The van der Waals surface area contributed by atoms with Crippen molar-refractivity contribution in [3.8, 4) is 0 Å². The lowest BCUT2D eigenvalue weighted by Crippen LogP contribution is -2.63. The van der Waals surface area contributed by atoms with Crippen LogP contribution in [0.2, 0.25) is 0 Å². The largest absolute Gasteiger partial charge is 0.372 e. The van der Waals surface area contributed by atoms with Gasteiger partial charge in [-0.1, -0.05) is 18.2 Å². The first-order chi connectivity index (χ1) is 12.6. The fourth-order valence-corrected chi connectivity index (χ4v) is 5.01. The summed E-state index contributed by atoms with van der Waals surface area (Å²) in [5.41, 5.74) is 2.76. The van der Waals surface area contributed by atoms with Gasteiger partial charge in [0.1, 0.15) is 0 Å². The van der Waals surface area contributed by atoms with Crippen LogP contribution in [0.1, 0.15) is 39.2 Å². The summed E-state index contributed by atoms with van der Waals surface area (Å²) in [6, 6.07) is 9.74. The topological polar surface area (TPSA) is 31.5 Å². The quantitative estimate of drug-likeness (QED) is 0.908. The third kappa shape index (κ3) is 3.30. The molecule has 0 radical (unpaired) electrons. The summed E-state index contributed by atoms with van der Waals surface area (Å²) >= 11 is 0. The molecular formula is C22H33N3O. The van der Waals surface area contributed by atoms with Gasteiger partial charge < -0.3 is 14.6 Å². The maximum absolute atomic E-state index is 6.38. The molecule has 2 saturated heterocycles. The number of aromatic amines is 1. The standard InChI is InChI=1S/C22H33N3O/c1-17(2)25-14-15-26-22(18(25)3)9-12-24(13-10-22)11-8-19-16-23-21-7-5-4-6-20(19)21/h4-7,16-18,23H,8-15H2,1-3H3. The van der Waals surface area contributed by atoms with Crippen LogP contribution in [0, 0.1) is 0 Å². The number of benzene rings is 1. The van der Waals surface area contributed by atoms with Crippen LogP contribution < -0.4 is 0 Å². The Morgan fingerprint density at radius 2 is 1.96 bits per heavy atom. The van der Waals surface area contributed by atoms with Crippen LogP contribution in [0.3, 0.4) is 0 Å². The van der Waals surface area contributed by atoms with Gasteiger partial charge >= 0.3 is 0 Å². The molecule has 4 nitrogen and oxygen atoms in total. The first-order valence-electron chi connectivity index (χ1n) is 10.3. The molecule has 4 heteroatoms. The van der Waals surface area contributed by atoms with Crippen molar-refractivity contribution < 1.29 is 4.74 Å². The summed E-state index contributed by atoms with van der Waals surface area (Å²) in [6.07, 6.45) is 5.62.